The number of hydrogen-bond acceptors (Lipinski definition) is 5. The van der Waals surface area contributed by atoms with Crippen LogP contribution in [0.4, 0.5) is 5.13 Å². The van der Waals surface area contributed by atoms with Crippen molar-refractivity contribution in [1.82, 2.24) is 4.98 Å². The lowest BCUT2D eigenvalue weighted by molar-refractivity contribution is 0.0519. The van der Waals surface area contributed by atoms with Crippen molar-refractivity contribution in [2.24, 2.45) is 11.8 Å². The molecule has 5 heteroatoms. The summed E-state index contributed by atoms with van der Waals surface area (Å²) in [6.45, 7) is 10.8. The van der Waals surface area contributed by atoms with Crippen LogP contribution in [0.3, 0.4) is 0 Å². The molecule has 2 heterocycles. The monoisotopic (exact) mass is 282 g/mol. The van der Waals surface area contributed by atoms with E-state index in [1.54, 1.807) is 11.3 Å². The molecule has 1 saturated heterocycles. The normalized spacial score (nSPS) is 23.5. The van der Waals surface area contributed by atoms with Crippen LogP contribution in [0, 0.1) is 18.8 Å². The zero-order valence-electron chi connectivity index (χ0n) is 12.1. The summed E-state index contributed by atoms with van der Waals surface area (Å²) in [6, 6.07) is 0. The van der Waals surface area contributed by atoms with Gasteiger partial charge in [-0.3, -0.25) is 0 Å². The molecule has 1 fully saturated rings. The number of ether oxygens (including phenoxy) is 1. The van der Waals surface area contributed by atoms with Gasteiger partial charge in [0.15, 0.2) is 10.8 Å². The first-order valence-corrected chi connectivity index (χ1v) is 7.74. The summed E-state index contributed by atoms with van der Waals surface area (Å²) in [5.41, 5.74) is 0.480. The Balaban J connectivity index is 2.14. The summed E-state index contributed by atoms with van der Waals surface area (Å²) in [5, 5.41) is 0.958. The number of carbonyl (C=O) groups is 1. The van der Waals surface area contributed by atoms with Crippen molar-refractivity contribution in [2.45, 2.75) is 34.1 Å². The van der Waals surface area contributed by atoms with Gasteiger partial charge in [-0.25, -0.2) is 9.78 Å². The fraction of sp³-hybridized carbons (Fsp3) is 0.714. The molecule has 19 heavy (non-hydrogen) atoms. The van der Waals surface area contributed by atoms with Gasteiger partial charge in [-0.1, -0.05) is 13.8 Å². The lowest BCUT2D eigenvalue weighted by atomic mass is 9.89. The highest BCUT2D eigenvalue weighted by atomic mass is 32.1. The van der Waals surface area contributed by atoms with Crippen LogP contribution in [0.15, 0.2) is 0 Å². The second-order valence-electron chi connectivity index (χ2n) is 5.31. The van der Waals surface area contributed by atoms with E-state index in [1.807, 2.05) is 13.8 Å². The third-order valence-corrected chi connectivity index (χ3v) is 4.89. The number of aryl methyl sites for hydroxylation is 1. The highest BCUT2D eigenvalue weighted by molar-refractivity contribution is 7.15. The number of carbonyl (C=O) groups excluding carboxylic acids is 1. The van der Waals surface area contributed by atoms with Crippen molar-refractivity contribution in [2.75, 3.05) is 24.6 Å². The fourth-order valence-electron chi connectivity index (χ4n) is 2.34. The molecule has 1 aliphatic rings. The summed E-state index contributed by atoms with van der Waals surface area (Å²) in [7, 11) is 0. The molecule has 0 radical (unpaired) electrons. The molecule has 1 aromatic heterocycles. The topological polar surface area (TPSA) is 42.4 Å². The van der Waals surface area contributed by atoms with Crippen LogP contribution in [-0.4, -0.2) is 30.6 Å². The molecule has 0 N–H and O–H groups in total. The van der Waals surface area contributed by atoms with Crippen LogP contribution < -0.4 is 4.90 Å². The SMILES string of the molecule is CCOC(=O)c1nc(N2CCC(C)C(C)C2)sc1C. The molecule has 2 unspecified atom stereocenters. The molecule has 4 nitrogen and oxygen atoms in total. The first kappa shape index (κ1) is 14.3. The highest BCUT2D eigenvalue weighted by Gasteiger charge is 2.26. The van der Waals surface area contributed by atoms with E-state index in [0.717, 1.165) is 29.0 Å². The Bertz CT molecular complexity index is 458. The maximum Gasteiger partial charge on any atom is 0.358 e. The predicted octanol–water partition coefficient (Wildman–Crippen LogP) is 3.11. The van der Waals surface area contributed by atoms with Gasteiger partial charge >= 0.3 is 5.97 Å². The largest absolute Gasteiger partial charge is 0.461 e. The van der Waals surface area contributed by atoms with Crippen molar-refractivity contribution < 1.29 is 9.53 Å². The van der Waals surface area contributed by atoms with Crippen molar-refractivity contribution in [3.05, 3.63) is 10.6 Å². The van der Waals surface area contributed by atoms with Gasteiger partial charge in [0.2, 0.25) is 0 Å². The molecule has 1 aliphatic heterocycles. The standard InChI is InChI=1S/C14H22N2O2S/c1-5-18-13(17)12-11(4)19-14(15-12)16-7-6-9(2)10(3)8-16/h9-10H,5-8H2,1-4H3. The minimum Gasteiger partial charge on any atom is -0.461 e. The number of esters is 1. The van der Waals surface area contributed by atoms with Gasteiger partial charge in [0.1, 0.15) is 0 Å². The van der Waals surface area contributed by atoms with Gasteiger partial charge in [0.25, 0.3) is 0 Å². The molecule has 0 aromatic carbocycles. The lowest BCUT2D eigenvalue weighted by Crippen LogP contribution is -2.38. The number of thiazole rings is 1. The number of rotatable bonds is 3. The fourth-order valence-corrected chi connectivity index (χ4v) is 3.27. The van der Waals surface area contributed by atoms with Crippen molar-refractivity contribution in [3.63, 3.8) is 0 Å². The van der Waals surface area contributed by atoms with E-state index in [9.17, 15) is 4.79 Å². The average Bonchev–Trinajstić information content (AvgIpc) is 2.75. The van der Waals surface area contributed by atoms with Gasteiger partial charge in [-0.2, -0.15) is 0 Å². The summed E-state index contributed by atoms with van der Waals surface area (Å²) >= 11 is 1.59. The molecule has 0 aliphatic carbocycles. The Kier molecular flexibility index (Phi) is 4.45. The van der Waals surface area contributed by atoms with Crippen molar-refractivity contribution in [3.8, 4) is 0 Å². The zero-order valence-corrected chi connectivity index (χ0v) is 12.9. The number of hydrogen-bond donors (Lipinski definition) is 0. The molecular weight excluding hydrogens is 260 g/mol. The molecule has 1 aromatic rings. The maximum absolute atomic E-state index is 11.8. The summed E-state index contributed by atoms with van der Waals surface area (Å²) in [4.78, 5) is 19.5. The van der Waals surface area contributed by atoms with Gasteiger partial charge in [-0.15, -0.1) is 11.3 Å². The van der Waals surface area contributed by atoms with Crippen molar-refractivity contribution >= 4 is 22.4 Å². The number of anilines is 1. The predicted molar refractivity (Wildman–Crippen MR) is 78.0 cm³/mol. The Labute approximate surface area is 118 Å². The van der Waals surface area contributed by atoms with Crippen molar-refractivity contribution in [1.29, 1.82) is 0 Å². The summed E-state index contributed by atoms with van der Waals surface area (Å²) in [6.07, 6.45) is 1.19. The van der Waals surface area contributed by atoms with E-state index in [0.29, 0.717) is 18.2 Å². The van der Waals surface area contributed by atoms with E-state index in [4.69, 9.17) is 4.74 Å². The quantitative estimate of drug-likeness (QED) is 0.799. The Morgan fingerprint density at radius 3 is 2.84 bits per heavy atom. The van der Waals surface area contributed by atoms with Crippen LogP contribution in [0.25, 0.3) is 0 Å². The molecule has 2 rings (SSSR count). The average molecular weight is 282 g/mol. The highest BCUT2D eigenvalue weighted by Crippen LogP contribution is 2.31. The van der Waals surface area contributed by atoms with Gasteiger partial charge < -0.3 is 9.64 Å². The van der Waals surface area contributed by atoms with E-state index in [-0.39, 0.29) is 5.97 Å². The molecule has 0 saturated carbocycles. The molecule has 2 atom stereocenters. The van der Waals surface area contributed by atoms with Crippen LogP contribution in [-0.2, 0) is 4.74 Å². The minimum absolute atomic E-state index is 0.305. The van der Waals surface area contributed by atoms with Crippen LogP contribution in [0.1, 0.15) is 42.6 Å². The van der Waals surface area contributed by atoms with Gasteiger partial charge in [0, 0.05) is 18.0 Å². The Hall–Kier alpha value is -1.10. The first-order chi connectivity index (χ1) is 9.02. The number of piperidine rings is 1. The lowest BCUT2D eigenvalue weighted by Gasteiger charge is -2.35. The van der Waals surface area contributed by atoms with Crippen LogP contribution in [0.2, 0.25) is 0 Å². The van der Waals surface area contributed by atoms with E-state index < -0.39 is 0 Å². The third-order valence-electron chi connectivity index (χ3n) is 3.86. The summed E-state index contributed by atoms with van der Waals surface area (Å²) in [5.74, 6) is 1.13. The first-order valence-electron chi connectivity index (χ1n) is 6.92. The number of nitrogens with zero attached hydrogens (tertiary/aromatic N) is 2. The zero-order chi connectivity index (χ0) is 14.0. The molecule has 106 valence electrons. The second kappa shape index (κ2) is 5.90. The van der Waals surface area contributed by atoms with Gasteiger partial charge in [-0.05, 0) is 32.1 Å². The maximum atomic E-state index is 11.8. The second-order valence-corrected chi connectivity index (χ2v) is 6.49. The van der Waals surface area contributed by atoms with Gasteiger partial charge in [0.05, 0.1) is 6.61 Å². The molecule has 0 amide bonds. The van der Waals surface area contributed by atoms with Crippen LogP contribution >= 0.6 is 11.3 Å². The van der Waals surface area contributed by atoms with E-state index in [2.05, 4.69) is 23.7 Å². The Morgan fingerprint density at radius 1 is 1.47 bits per heavy atom. The smallest absolute Gasteiger partial charge is 0.358 e. The number of aromatic nitrogens is 1. The molecular formula is C14H22N2O2S. The van der Waals surface area contributed by atoms with Crippen LogP contribution in [0.5, 0.6) is 0 Å². The third kappa shape index (κ3) is 3.08. The molecule has 0 bridgehead atoms. The Morgan fingerprint density at radius 2 is 2.21 bits per heavy atom. The molecule has 0 spiro atoms. The minimum atomic E-state index is -0.305. The van der Waals surface area contributed by atoms with E-state index >= 15 is 0 Å². The van der Waals surface area contributed by atoms with E-state index in [1.165, 1.54) is 6.42 Å². The summed E-state index contributed by atoms with van der Waals surface area (Å²) < 4.78 is 5.03.